The summed E-state index contributed by atoms with van der Waals surface area (Å²) < 4.78 is 0. The predicted molar refractivity (Wildman–Crippen MR) is 85.7 cm³/mol. The van der Waals surface area contributed by atoms with Gasteiger partial charge in [0.2, 0.25) is 5.91 Å². The molecule has 1 aliphatic rings. The summed E-state index contributed by atoms with van der Waals surface area (Å²) in [6.45, 7) is 13.9. The molecule has 1 amide bonds. The molecule has 2 atom stereocenters. The van der Waals surface area contributed by atoms with Crippen LogP contribution in [0.4, 0.5) is 0 Å². The van der Waals surface area contributed by atoms with E-state index >= 15 is 0 Å². The molecule has 0 aliphatic carbocycles. The third-order valence-electron chi connectivity index (χ3n) is 4.15. The van der Waals surface area contributed by atoms with E-state index in [1.54, 1.807) is 0 Å². The average molecular weight is 282 g/mol. The molecule has 0 aromatic heterocycles. The van der Waals surface area contributed by atoms with Gasteiger partial charge >= 0.3 is 0 Å². The topological polar surface area (TPSA) is 32.3 Å². The summed E-state index contributed by atoms with van der Waals surface area (Å²) >= 11 is 0. The second-order valence-corrected chi connectivity index (χ2v) is 7.42. The van der Waals surface area contributed by atoms with Crippen LogP contribution in [0.1, 0.15) is 66.7 Å². The minimum Gasteiger partial charge on any atom is -0.352 e. The molecule has 20 heavy (non-hydrogen) atoms. The maximum atomic E-state index is 12.2. The van der Waals surface area contributed by atoms with Crippen molar-refractivity contribution < 1.29 is 4.79 Å². The van der Waals surface area contributed by atoms with Crippen molar-refractivity contribution in [1.29, 1.82) is 0 Å². The Balaban J connectivity index is 2.57. The van der Waals surface area contributed by atoms with Gasteiger partial charge in [-0.05, 0) is 31.7 Å². The van der Waals surface area contributed by atoms with Gasteiger partial charge in [0.15, 0.2) is 0 Å². The Bertz CT molecular complexity index is 296. The fraction of sp³-hybridized carbons (Fsp3) is 0.941. The summed E-state index contributed by atoms with van der Waals surface area (Å²) in [6.07, 6.45) is 6.18. The molecule has 1 N–H and O–H groups in total. The van der Waals surface area contributed by atoms with Crippen LogP contribution in [-0.2, 0) is 4.79 Å². The van der Waals surface area contributed by atoms with Gasteiger partial charge in [-0.2, -0.15) is 0 Å². The molecule has 2 unspecified atom stereocenters. The van der Waals surface area contributed by atoms with E-state index in [1.165, 1.54) is 38.8 Å². The van der Waals surface area contributed by atoms with Crippen LogP contribution in [0.15, 0.2) is 0 Å². The Morgan fingerprint density at radius 2 is 1.90 bits per heavy atom. The third kappa shape index (κ3) is 5.82. The van der Waals surface area contributed by atoms with E-state index in [9.17, 15) is 4.79 Å². The number of nitrogens with one attached hydrogen (secondary N) is 1. The smallest absolute Gasteiger partial charge is 0.225 e. The van der Waals surface area contributed by atoms with Crippen LogP contribution in [0.2, 0.25) is 0 Å². The second-order valence-electron chi connectivity index (χ2n) is 7.42. The zero-order valence-corrected chi connectivity index (χ0v) is 14.2. The molecule has 1 fully saturated rings. The number of nitrogens with zero attached hydrogens (tertiary/aromatic N) is 1. The number of likely N-dealkylation sites (tertiary alicyclic amines) is 1. The quantitative estimate of drug-likeness (QED) is 0.809. The number of carbonyl (C=O) groups is 1. The van der Waals surface area contributed by atoms with E-state index in [2.05, 4.69) is 24.1 Å². The Labute approximate surface area is 125 Å². The standard InChI is InChI=1S/C17H34N2O/c1-6-8-10-19-12-14(9-7-2)11-15(13-19)18-16(20)17(3,4)5/h14-15H,6-13H2,1-5H3,(H,18,20). The molecule has 1 aliphatic heterocycles. The predicted octanol–water partition coefficient (Wildman–Crippen LogP) is 3.44. The van der Waals surface area contributed by atoms with Crippen molar-refractivity contribution in [2.45, 2.75) is 72.8 Å². The zero-order valence-electron chi connectivity index (χ0n) is 14.2. The minimum absolute atomic E-state index is 0.190. The summed E-state index contributed by atoms with van der Waals surface area (Å²) in [5.41, 5.74) is -0.286. The third-order valence-corrected chi connectivity index (χ3v) is 4.15. The molecule has 0 radical (unpaired) electrons. The maximum absolute atomic E-state index is 12.2. The van der Waals surface area contributed by atoms with Crippen LogP contribution < -0.4 is 5.32 Å². The van der Waals surface area contributed by atoms with Crippen molar-refractivity contribution in [2.24, 2.45) is 11.3 Å². The fourth-order valence-electron chi connectivity index (χ4n) is 2.99. The molecular weight excluding hydrogens is 248 g/mol. The lowest BCUT2D eigenvalue weighted by atomic mass is 9.89. The maximum Gasteiger partial charge on any atom is 0.225 e. The molecule has 3 heteroatoms. The van der Waals surface area contributed by atoms with Gasteiger partial charge in [0.25, 0.3) is 0 Å². The van der Waals surface area contributed by atoms with Gasteiger partial charge < -0.3 is 10.2 Å². The highest BCUT2D eigenvalue weighted by Gasteiger charge is 2.30. The molecule has 0 aromatic carbocycles. The van der Waals surface area contributed by atoms with Crippen molar-refractivity contribution >= 4 is 5.91 Å². The van der Waals surface area contributed by atoms with Gasteiger partial charge in [-0.15, -0.1) is 0 Å². The normalized spacial score (nSPS) is 24.6. The van der Waals surface area contributed by atoms with Crippen molar-refractivity contribution in [3.63, 3.8) is 0 Å². The highest BCUT2D eigenvalue weighted by molar-refractivity contribution is 5.81. The Morgan fingerprint density at radius 3 is 2.45 bits per heavy atom. The molecule has 1 saturated heterocycles. The monoisotopic (exact) mass is 282 g/mol. The number of rotatable bonds is 6. The first-order valence-corrected chi connectivity index (χ1v) is 8.40. The number of unbranched alkanes of at least 4 members (excludes halogenated alkanes) is 1. The van der Waals surface area contributed by atoms with E-state index in [1.807, 2.05) is 20.8 Å². The lowest BCUT2D eigenvalue weighted by Crippen LogP contribution is -2.53. The summed E-state index contributed by atoms with van der Waals surface area (Å²) in [7, 11) is 0. The molecular formula is C17H34N2O. The highest BCUT2D eigenvalue weighted by Crippen LogP contribution is 2.23. The number of carbonyl (C=O) groups excluding carboxylic acids is 1. The number of hydrogen-bond acceptors (Lipinski definition) is 2. The molecule has 0 bridgehead atoms. The van der Waals surface area contributed by atoms with Gasteiger partial charge in [-0.1, -0.05) is 47.5 Å². The SMILES string of the molecule is CCCCN1CC(CCC)CC(NC(=O)C(C)(C)C)C1. The van der Waals surface area contributed by atoms with Gasteiger partial charge in [0, 0.05) is 24.5 Å². The Morgan fingerprint density at radius 1 is 1.20 bits per heavy atom. The van der Waals surface area contributed by atoms with Crippen molar-refractivity contribution in [2.75, 3.05) is 19.6 Å². The second kappa shape index (κ2) is 8.02. The van der Waals surface area contributed by atoms with Crippen LogP contribution in [0, 0.1) is 11.3 Å². The van der Waals surface area contributed by atoms with E-state index in [4.69, 9.17) is 0 Å². The van der Waals surface area contributed by atoms with Crippen LogP contribution >= 0.6 is 0 Å². The minimum atomic E-state index is -0.286. The van der Waals surface area contributed by atoms with Crippen LogP contribution in [0.3, 0.4) is 0 Å². The Kier molecular flexibility index (Phi) is 7.01. The zero-order chi connectivity index (χ0) is 15.2. The van der Waals surface area contributed by atoms with E-state index in [0.29, 0.717) is 6.04 Å². The molecule has 0 aromatic rings. The van der Waals surface area contributed by atoms with Crippen LogP contribution in [0.25, 0.3) is 0 Å². The first-order valence-electron chi connectivity index (χ1n) is 8.40. The van der Waals surface area contributed by atoms with Gasteiger partial charge in [-0.3, -0.25) is 4.79 Å². The van der Waals surface area contributed by atoms with Crippen molar-refractivity contribution in [3.05, 3.63) is 0 Å². The molecule has 3 nitrogen and oxygen atoms in total. The number of amides is 1. The van der Waals surface area contributed by atoms with Crippen molar-refractivity contribution in [1.82, 2.24) is 10.2 Å². The molecule has 0 spiro atoms. The van der Waals surface area contributed by atoms with Gasteiger partial charge in [0.1, 0.15) is 0 Å². The molecule has 118 valence electrons. The van der Waals surface area contributed by atoms with Crippen LogP contribution in [-0.4, -0.2) is 36.5 Å². The molecule has 1 heterocycles. The molecule has 0 saturated carbocycles. The first-order chi connectivity index (χ1) is 9.36. The summed E-state index contributed by atoms with van der Waals surface area (Å²) in [5.74, 6) is 0.936. The van der Waals surface area contributed by atoms with Gasteiger partial charge in [0.05, 0.1) is 0 Å². The van der Waals surface area contributed by atoms with Crippen LogP contribution in [0.5, 0.6) is 0 Å². The number of hydrogen-bond donors (Lipinski definition) is 1. The largest absolute Gasteiger partial charge is 0.352 e. The lowest BCUT2D eigenvalue weighted by molar-refractivity contribution is -0.129. The van der Waals surface area contributed by atoms with E-state index in [0.717, 1.165) is 18.9 Å². The summed E-state index contributed by atoms with van der Waals surface area (Å²) in [5, 5.41) is 3.27. The average Bonchev–Trinajstić information content (AvgIpc) is 2.35. The van der Waals surface area contributed by atoms with Gasteiger partial charge in [-0.25, -0.2) is 0 Å². The highest BCUT2D eigenvalue weighted by atomic mass is 16.2. The Hall–Kier alpha value is -0.570. The van der Waals surface area contributed by atoms with E-state index in [-0.39, 0.29) is 11.3 Å². The lowest BCUT2D eigenvalue weighted by Gasteiger charge is -2.39. The number of piperidine rings is 1. The van der Waals surface area contributed by atoms with E-state index < -0.39 is 0 Å². The first kappa shape index (κ1) is 17.5. The summed E-state index contributed by atoms with van der Waals surface area (Å²) in [4.78, 5) is 14.7. The fourth-order valence-corrected chi connectivity index (χ4v) is 2.99. The van der Waals surface area contributed by atoms with Crippen molar-refractivity contribution in [3.8, 4) is 0 Å². The molecule has 1 rings (SSSR count). The summed E-state index contributed by atoms with van der Waals surface area (Å²) in [6, 6.07) is 0.337.